The lowest BCUT2D eigenvalue weighted by molar-refractivity contribution is 0.0996. The van der Waals surface area contributed by atoms with Crippen LogP contribution >= 0.6 is 0 Å². The van der Waals surface area contributed by atoms with Crippen molar-refractivity contribution < 1.29 is 22.7 Å². The number of halogens is 1. The number of thiol groups is 1. The Morgan fingerprint density at radius 1 is 1.27 bits per heavy atom. The highest BCUT2D eigenvalue weighted by Gasteiger charge is 2.27. The van der Waals surface area contributed by atoms with Crippen molar-refractivity contribution in [2.45, 2.75) is 25.4 Å². The van der Waals surface area contributed by atoms with Gasteiger partial charge in [-0.1, -0.05) is 19.1 Å². The number of benzene rings is 1. The highest BCUT2D eigenvalue weighted by molar-refractivity contribution is 7.72. The van der Waals surface area contributed by atoms with Crippen molar-refractivity contribution >= 4 is 27.6 Å². The maximum Gasteiger partial charge on any atom is 0.261 e. The summed E-state index contributed by atoms with van der Waals surface area (Å²) < 4.78 is 35.1. The van der Waals surface area contributed by atoms with E-state index >= 15 is 0 Å². The smallest absolute Gasteiger partial charge is 0.261 e. The number of fused-ring (bicyclic) bond motifs is 1. The van der Waals surface area contributed by atoms with Crippen molar-refractivity contribution in [3.63, 3.8) is 0 Å². The summed E-state index contributed by atoms with van der Waals surface area (Å²) in [6.07, 6.45) is 0.605. The van der Waals surface area contributed by atoms with Crippen LogP contribution in [0.5, 0.6) is 0 Å². The molecule has 0 aliphatic heterocycles. The number of aliphatic hydroxyl groups is 1. The summed E-state index contributed by atoms with van der Waals surface area (Å²) >= 11 is 0. The molecule has 0 aliphatic rings. The third kappa shape index (κ3) is 4.55. The number of nitrogens with one attached hydrogen (secondary N) is 1. The molecule has 3 aromatic rings. The molecule has 0 saturated heterocycles. The van der Waals surface area contributed by atoms with Gasteiger partial charge in [0, 0.05) is 17.7 Å². The van der Waals surface area contributed by atoms with Gasteiger partial charge >= 0.3 is 0 Å². The molecule has 0 aliphatic carbocycles. The Hall–Kier alpha value is -3.11. The standard InChI is InChI=1S/C20H20FN3O5S/c1-10(15(25)9-30(28)29)16-17(19(22)26)20(27)24-14-7-12(8-23-18(14)16)6-11-2-4-13(21)5-3-11/h2-5,7-8,10,15,25,30H,6,9H2,1H3,(H2,22,26)(H,24,27). The molecule has 3 rings (SSSR count). The Morgan fingerprint density at radius 3 is 2.53 bits per heavy atom. The average molecular weight is 433 g/mol. The average Bonchev–Trinajstić information content (AvgIpc) is 2.67. The molecule has 1 aromatic carbocycles. The van der Waals surface area contributed by atoms with Gasteiger partial charge in [0.2, 0.25) is 0 Å². The number of hydrogen-bond acceptors (Lipinski definition) is 6. The Balaban J connectivity index is 2.13. The fourth-order valence-electron chi connectivity index (χ4n) is 3.37. The number of nitrogens with two attached hydrogens (primary N) is 1. The van der Waals surface area contributed by atoms with Gasteiger partial charge in [0.25, 0.3) is 11.5 Å². The minimum absolute atomic E-state index is 0.0962. The van der Waals surface area contributed by atoms with Gasteiger partial charge in [-0.3, -0.25) is 14.6 Å². The summed E-state index contributed by atoms with van der Waals surface area (Å²) in [6, 6.07) is 7.60. The Morgan fingerprint density at radius 2 is 1.93 bits per heavy atom. The van der Waals surface area contributed by atoms with Crippen molar-refractivity contribution in [2.75, 3.05) is 5.75 Å². The minimum Gasteiger partial charge on any atom is -0.391 e. The monoisotopic (exact) mass is 433 g/mol. The summed E-state index contributed by atoms with van der Waals surface area (Å²) in [7, 11) is -2.87. The number of carbonyl (C=O) groups is 1. The number of rotatable bonds is 7. The van der Waals surface area contributed by atoms with E-state index in [2.05, 4.69) is 9.97 Å². The SMILES string of the molecule is CC(c1c(C(N)=O)c(=O)[nH]c2cc(Cc3ccc(F)cc3)cnc12)C(O)C[SH](=O)=O. The summed E-state index contributed by atoms with van der Waals surface area (Å²) in [5.74, 6) is -2.78. The van der Waals surface area contributed by atoms with Crippen LogP contribution in [0.3, 0.4) is 0 Å². The first kappa shape index (κ1) is 21.6. The number of aliphatic hydroxyl groups excluding tert-OH is 1. The number of hydrogen-bond donors (Lipinski definition) is 4. The van der Waals surface area contributed by atoms with Crippen LogP contribution in [0.15, 0.2) is 41.3 Å². The molecule has 2 aromatic heterocycles. The van der Waals surface area contributed by atoms with E-state index < -0.39 is 39.9 Å². The van der Waals surface area contributed by atoms with Crippen molar-refractivity contribution in [2.24, 2.45) is 5.73 Å². The number of primary amides is 1. The van der Waals surface area contributed by atoms with Crippen molar-refractivity contribution in [1.82, 2.24) is 9.97 Å². The molecule has 0 saturated carbocycles. The molecule has 2 heterocycles. The van der Waals surface area contributed by atoms with E-state index in [1.54, 1.807) is 18.2 Å². The van der Waals surface area contributed by atoms with Crippen LogP contribution in [0.4, 0.5) is 4.39 Å². The predicted octanol–water partition coefficient (Wildman–Crippen LogP) is 0.828. The van der Waals surface area contributed by atoms with Crippen LogP contribution < -0.4 is 11.3 Å². The molecule has 158 valence electrons. The summed E-state index contributed by atoms with van der Waals surface area (Å²) in [5, 5.41) is 10.3. The second-order valence-corrected chi connectivity index (χ2v) is 8.05. The third-order valence-corrected chi connectivity index (χ3v) is 5.55. The summed E-state index contributed by atoms with van der Waals surface area (Å²) in [4.78, 5) is 31.4. The van der Waals surface area contributed by atoms with Gasteiger partial charge in [0.05, 0.1) is 22.9 Å². The molecular formula is C20H20FN3O5S. The second-order valence-electron chi connectivity index (χ2n) is 7.02. The molecule has 0 radical (unpaired) electrons. The Labute approximate surface area is 172 Å². The molecule has 4 N–H and O–H groups in total. The lowest BCUT2D eigenvalue weighted by atomic mass is 9.90. The number of carbonyl (C=O) groups excluding carboxylic acids is 1. The molecular weight excluding hydrogens is 413 g/mol. The summed E-state index contributed by atoms with van der Waals surface area (Å²) in [6.45, 7) is 1.50. The van der Waals surface area contributed by atoms with Gasteiger partial charge in [-0.05, 0) is 35.7 Å². The van der Waals surface area contributed by atoms with Crippen LogP contribution in [0, 0.1) is 5.82 Å². The molecule has 0 spiro atoms. The number of pyridine rings is 2. The van der Waals surface area contributed by atoms with Crippen molar-refractivity contribution in [3.8, 4) is 0 Å². The van der Waals surface area contributed by atoms with E-state index in [1.807, 2.05) is 0 Å². The third-order valence-electron chi connectivity index (χ3n) is 4.88. The highest BCUT2D eigenvalue weighted by atomic mass is 32.2. The van der Waals surface area contributed by atoms with E-state index in [9.17, 15) is 27.5 Å². The number of aromatic nitrogens is 2. The largest absolute Gasteiger partial charge is 0.391 e. The van der Waals surface area contributed by atoms with Crippen molar-refractivity contribution in [3.05, 3.63) is 75.0 Å². The summed E-state index contributed by atoms with van der Waals surface area (Å²) in [5.41, 5.74) is 6.44. The van der Waals surface area contributed by atoms with E-state index in [0.717, 1.165) is 11.1 Å². The highest BCUT2D eigenvalue weighted by Crippen LogP contribution is 2.28. The zero-order valence-electron chi connectivity index (χ0n) is 16.0. The molecule has 1 amide bonds. The van der Waals surface area contributed by atoms with Gasteiger partial charge in [0.15, 0.2) is 0 Å². The first-order valence-electron chi connectivity index (χ1n) is 9.06. The zero-order valence-corrected chi connectivity index (χ0v) is 16.9. The normalized spacial score (nSPS) is 13.5. The van der Waals surface area contributed by atoms with Gasteiger partial charge in [-0.2, -0.15) is 0 Å². The molecule has 2 atom stereocenters. The lowest BCUT2D eigenvalue weighted by Crippen LogP contribution is -2.31. The van der Waals surface area contributed by atoms with E-state index in [0.29, 0.717) is 11.9 Å². The zero-order chi connectivity index (χ0) is 22.0. The lowest BCUT2D eigenvalue weighted by Gasteiger charge is -2.20. The molecule has 0 fully saturated rings. The van der Waals surface area contributed by atoms with E-state index in [1.165, 1.54) is 25.3 Å². The fraction of sp³-hybridized carbons (Fsp3) is 0.250. The molecule has 8 nitrogen and oxygen atoms in total. The van der Waals surface area contributed by atoms with Crippen LogP contribution in [-0.2, 0) is 17.1 Å². The quantitative estimate of drug-likeness (QED) is 0.406. The Kier molecular flexibility index (Phi) is 6.28. The van der Waals surface area contributed by atoms with Crippen LogP contribution in [-0.4, -0.2) is 41.3 Å². The maximum absolute atomic E-state index is 13.1. The number of amides is 1. The molecule has 2 unspecified atom stereocenters. The van der Waals surface area contributed by atoms with E-state index in [-0.39, 0.29) is 22.5 Å². The predicted molar refractivity (Wildman–Crippen MR) is 110 cm³/mol. The number of nitrogens with zero attached hydrogens (tertiary/aromatic N) is 1. The Bertz CT molecular complexity index is 1230. The van der Waals surface area contributed by atoms with Gasteiger partial charge in [-0.25, -0.2) is 12.8 Å². The van der Waals surface area contributed by atoms with Crippen LogP contribution in [0.2, 0.25) is 0 Å². The number of aromatic amines is 1. The number of H-pyrrole nitrogens is 1. The second kappa shape index (κ2) is 8.72. The van der Waals surface area contributed by atoms with Crippen LogP contribution in [0.1, 0.15) is 39.9 Å². The minimum atomic E-state index is -2.87. The molecule has 0 bridgehead atoms. The van der Waals surface area contributed by atoms with Gasteiger partial charge in [-0.15, -0.1) is 0 Å². The topological polar surface area (TPSA) is 143 Å². The van der Waals surface area contributed by atoms with Gasteiger partial charge in [0.1, 0.15) is 22.1 Å². The van der Waals surface area contributed by atoms with Crippen LogP contribution in [0.25, 0.3) is 11.0 Å². The first-order chi connectivity index (χ1) is 14.2. The van der Waals surface area contributed by atoms with Crippen molar-refractivity contribution in [1.29, 1.82) is 0 Å². The fourth-order valence-corrected chi connectivity index (χ4v) is 3.99. The van der Waals surface area contributed by atoms with E-state index in [4.69, 9.17) is 5.73 Å². The first-order valence-corrected chi connectivity index (χ1v) is 10.4. The molecule has 10 heteroatoms. The molecule has 30 heavy (non-hydrogen) atoms. The maximum atomic E-state index is 13.1. The van der Waals surface area contributed by atoms with Gasteiger partial charge < -0.3 is 15.8 Å².